The fourth-order valence-electron chi connectivity index (χ4n) is 2.38. The van der Waals surface area contributed by atoms with E-state index in [2.05, 4.69) is 5.32 Å². The third kappa shape index (κ3) is 2.68. The van der Waals surface area contributed by atoms with Crippen molar-refractivity contribution < 1.29 is 9.66 Å². The number of para-hydroxylation sites is 1. The van der Waals surface area contributed by atoms with Gasteiger partial charge in [0.1, 0.15) is 0 Å². The third-order valence-electron chi connectivity index (χ3n) is 3.44. The van der Waals surface area contributed by atoms with Crippen molar-refractivity contribution in [2.24, 2.45) is 0 Å². The largest absolute Gasteiger partial charge is 0.377 e. The molecule has 1 saturated heterocycles. The van der Waals surface area contributed by atoms with Crippen LogP contribution in [0.1, 0.15) is 31.9 Å². The van der Waals surface area contributed by atoms with Crippen molar-refractivity contribution in [1.82, 2.24) is 5.32 Å². The standard InChI is InChI=1S/C13H18N2O3/c1-9(14-12-7-8-18-10(12)2)11-5-3-4-6-13(11)15(16)17/h3-6,9-10,12,14H,7-8H2,1-2H3. The number of hydrogen-bond donors (Lipinski definition) is 1. The van der Waals surface area contributed by atoms with E-state index in [0.29, 0.717) is 0 Å². The van der Waals surface area contributed by atoms with Crippen LogP contribution in [0.5, 0.6) is 0 Å². The highest BCUT2D eigenvalue weighted by molar-refractivity contribution is 5.41. The van der Waals surface area contributed by atoms with Crippen molar-refractivity contribution in [3.8, 4) is 0 Å². The first-order chi connectivity index (χ1) is 8.59. The number of hydrogen-bond acceptors (Lipinski definition) is 4. The van der Waals surface area contributed by atoms with Crippen molar-refractivity contribution >= 4 is 5.69 Å². The Morgan fingerprint density at radius 2 is 2.22 bits per heavy atom. The summed E-state index contributed by atoms with van der Waals surface area (Å²) in [6.07, 6.45) is 1.11. The summed E-state index contributed by atoms with van der Waals surface area (Å²) in [5.41, 5.74) is 0.894. The van der Waals surface area contributed by atoms with Crippen molar-refractivity contribution in [2.45, 2.75) is 38.5 Å². The van der Waals surface area contributed by atoms with Crippen molar-refractivity contribution in [3.05, 3.63) is 39.9 Å². The molecule has 1 aromatic carbocycles. The van der Waals surface area contributed by atoms with E-state index in [1.807, 2.05) is 19.9 Å². The minimum atomic E-state index is -0.331. The van der Waals surface area contributed by atoms with Crippen molar-refractivity contribution in [3.63, 3.8) is 0 Å². The van der Waals surface area contributed by atoms with Crippen molar-refractivity contribution in [2.75, 3.05) is 6.61 Å². The Hall–Kier alpha value is -1.46. The first kappa shape index (κ1) is 13.0. The smallest absolute Gasteiger partial charge is 0.274 e. The molecule has 5 heteroatoms. The number of nitrogens with zero attached hydrogens (tertiary/aromatic N) is 1. The number of ether oxygens (including phenoxy) is 1. The lowest BCUT2D eigenvalue weighted by molar-refractivity contribution is -0.385. The van der Waals surface area contributed by atoms with E-state index >= 15 is 0 Å². The molecule has 18 heavy (non-hydrogen) atoms. The second kappa shape index (κ2) is 5.46. The lowest BCUT2D eigenvalue weighted by Gasteiger charge is -2.21. The fourth-order valence-corrected chi connectivity index (χ4v) is 2.38. The Morgan fingerprint density at radius 3 is 2.83 bits per heavy atom. The van der Waals surface area contributed by atoms with Crippen LogP contribution in [0.15, 0.2) is 24.3 Å². The Balaban J connectivity index is 2.13. The normalized spacial score (nSPS) is 25.0. The van der Waals surface area contributed by atoms with Crippen molar-refractivity contribution in [1.29, 1.82) is 0 Å². The van der Waals surface area contributed by atoms with Gasteiger partial charge in [-0.2, -0.15) is 0 Å². The van der Waals surface area contributed by atoms with Gasteiger partial charge < -0.3 is 10.1 Å². The van der Waals surface area contributed by atoms with Crippen LogP contribution in [0.25, 0.3) is 0 Å². The number of rotatable bonds is 4. The molecule has 0 bridgehead atoms. The van der Waals surface area contributed by atoms with E-state index in [4.69, 9.17) is 4.74 Å². The van der Waals surface area contributed by atoms with Crippen LogP contribution in [-0.2, 0) is 4.74 Å². The lowest BCUT2D eigenvalue weighted by Crippen LogP contribution is -2.36. The summed E-state index contributed by atoms with van der Waals surface area (Å²) in [4.78, 5) is 10.6. The lowest BCUT2D eigenvalue weighted by atomic mass is 10.0. The van der Waals surface area contributed by atoms with Gasteiger partial charge in [-0.25, -0.2) is 0 Å². The average Bonchev–Trinajstić information content (AvgIpc) is 2.75. The highest BCUT2D eigenvalue weighted by Gasteiger charge is 2.27. The molecule has 0 aromatic heterocycles. The molecule has 2 rings (SSSR count). The van der Waals surface area contributed by atoms with Gasteiger partial charge in [0.2, 0.25) is 0 Å². The molecule has 3 atom stereocenters. The molecule has 1 N–H and O–H groups in total. The molecule has 98 valence electrons. The zero-order valence-electron chi connectivity index (χ0n) is 10.6. The molecule has 1 aliphatic rings. The van der Waals surface area contributed by atoms with Crippen LogP contribution in [0.3, 0.4) is 0 Å². The van der Waals surface area contributed by atoms with Gasteiger partial charge in [-0.1, -0.05) is 18.2 Å². The Morgan fingerprint density at radius 1 is 1.50 bits per heavy atom. The molecule has 0 saturated carbocycles. The predicted octanol–water partition coefficient (Wildman–Crippen LogP) is 2.42. The number of nitrogens with one attached hydrogen (secondary N) is 1. The van der Waals surface area contributed by atoms with E-state index < -0.39 is 0 Å². The maximum Gasteiger partial charge on any atom is 0.274 e. The summed E-state index contributed by atoms with van der Waals surface area (Å²) in [5.74, 6) is 0. The van der Waals surface area contributed by atoms with Crippen LogP contribution < -0.4 is 5.32 Å². The second-order valence-electron chi connectivity index (χ2n) is 4.68. The van der Waals surface area contributed by atoms with Gasteiger partial charge >= 0.3 is 0 Å². The summed E-state index contributed by atoms with van der Waals surface area (Å²) in [7, 11) is 0. The molecule has 1 aromatic rings. The van der Waals surface area contributed by atoms with Gasteiger partial charge in [0.05, 0.1) is 11.0 Å². The molecular formula is C13H18N2O3. The Labute approximate surface area is 106 Å². The quantitative estimate of drug-likeness (QED) is 0.658. The van der Waals surface area contributed by atoms with Gasteiger partial charge in [-0.3, -0.25) is 10.1 Å². The summed E-state index contributed by atoms with van der Waals surface area (Å²) >= 11 is 0. The van der Waals surface area contributed by atoms with E-state index in [1.54, 1.807) is 18.2 Å². The maximum atomic E-state index is 11.0. The van der Waals surface area contributed by atoms with Crippen LogP contribution in [0.2, 0.25) is 0 Å². The molecule has 0 radical (unpaired) electrons. The van der Waals surface area contributed by atoms with Crippen LogP contribution >= 0.6 is 0 Å². The molecule has 1 heterocycles. The molecule has 3 unspecified atom stereocenters. The monoisotopic (exact) mass is 250 g/mol. The zero-order valence-corrected chi connectivity index (χ0v) is 10.6. The van der Waals surface area contributed by atoms with Gasteiger partial charge in [-0.05, 0) is 20.3 Å². The molecule has 5 nitrogen and oxygen atoms in total. The molecule has 0 aliphatic carbocycles. The third-order valence-corrected chi connectivity index (χ3v) is 3.44. The van der Waals surface area contributed by atoms with Gasteiger partial charge in [-0.15, -0.1) is 0 Å². The molecule has 1 fully saturated rings. The van der Waals surface area contributed by atoms with Gasteiger partial charge in [0.15, 0.2) is 0 Å². The summed E-state index contributed by atoms with van der Waals surface area (Å²) in [6.45, 7) is 4.73. The number of nitro benzene ring substituents is 1. The SMILES string of the molecule is CC(NC1CCOC1C)c1ccccc1[N+](=O)[O-]. The van der Waals surface area contributed by atoms with Gasteiger partial charge in [0, 0.05) is 30.3 Å². The van der Waals surface area contributed by atoms with Crippen LogP contribution in [-0.4, -0.2) is 23.7 Å². The second-order valence-corrected chi connectivity index (χ2v) is 4.68. The minimum Gasteiger partial charge on any atom is -0.377 e. The minimum absolute atomic E-state index is 0.0549. The van der Waals surface area contributed by atoms with E-state index in [0.717, 1.165) is 18.6 Å². The van der Waals surface area contributed by atoms with E-state index in [9.17, 15) is 10.1 Å². The molecular weight excluding hydrogens is 232 g/mol. The van der Waals surface area contributed by atoms with Gasteiger partial charge in [0.25, 0.3) is 5.69 Å². The Kier molecular flexibility index (Phi) is 3.93. The highest BCUT2D eigenvalue weighted by atomic mass is 16.6. The van der Waals surface area contributed by atoms with Crippen LogP contribution in [0, 0.1) is 10.1 Å². The predicted molar refractivity (Wildman–Crippen MR) is 68.5 cm³/mol. The van der Waals surface area contributed by atoms with E-state index in [1.165, 1.54) is 0 Å². The first-order valence-electron chi connectivity index (χ1n) is 6.20. The van der Waals surface area contributed by atoms with E-state index in [-0.39, 0.29) is 28.8 Å². The Bertz CT molecular complexity index is 436. The molecule has 0 spiro atoms. The summed E-state index contributed by atoms with van der Waals surface area (Å²) in [5, 5.41) is 14.4. The maximum absolute atomic E-state index is 11.0. The summed E-state index contributed by atoms with van der Waals surface area (Å²) in [6, 6.07) is 7.07. The summed E-state index contributed by atoms with van der Waals surface area (Å²) < 4.78 is 5.48. The average molecular weight is 250 g/mol. The zero-order chi connectivity index (χ0) is 13.1. The first-order valence-corrected chi connectivity index (χ1v) is 6.20. The molecule has 1 aliphatic heterocycles. The molecule has 0 amide bonds. The topological polar surface area (TPSA) is 64.4 Å². The number of nitro groups is 1. The highest BCUT2D eigenvalue weighted by Crippen LogP contribution is 2.26. The van der Waals surface area contributed by atoms with Crippen LogP contribution in [0.4, 0.5) is 5.69 Å². The fraction of sp³-hybridized carbons (Fsp3) is 0.538. The number of benzene rings is 1.